The van der Waals surface area contributed by atoms with E-state index < -0.39 is 0 Å². The molecule has 94 valence electrons. The summed E-state index contributed by atoms with van der Waals surface area (Å²) in [6.45, 7) is 3.71. The molecule has 0 aliphatic carbocycles. The fourth-order valence-corrected chi connectivity index (χ4v) is 2.72. The normalized spacial score (nSPS) is 10.4. The zero-order valence-corrected chi connectivity index (χ0v) is 12.4. The number of carbonyl (C=O) groups excluding carboxylic acids is 1. The van der Waals surface area contributed by atoms with E-state index in [4.69, 9.17) is 5.73 Å². The van der Waals surface area contributed by atoms with Crippen LogP contribution >= 0.6 is 27.3 Å². The van der Waals surface area contributed by atoms with E-state index in [2.05, 4.69) is 26.2 Å². The molecule has 2 aromatic rings. The predicted octanol–water partition coefficient (Wildman–Crippen LogP) is 3.36. The third-order valence-electron chi connectivity index (χ3n) is 2.35. The van der Waals surface area contributed by atoms with Crippen molar-refractivity contribution in [1.82, 2.24) is 4.98 Å². The number of hydrogen-bond donors (Lipinski definition) is 2. The second-order valence-electron chi connectivity index (χ2n) is 3.84. The third kappa shape index (κ3) is 2.70. The molecule has 6 heteroatoms. The highest BCUT2D eigenvalue weighted by Crippen LogP contribution is 2.26. The molecule has 0 saturated heterocycles. The van der Waals surface area contributed by atoms with Gasteiger partial charge in [-0.1, -0.05) is 0 Å². The van der Waals surface area contributed by atoms with Gasteiger partial charge in [0.05, 0.1) is 16.4 Å². The summed E-state index contributed by atoms with van der Waals surface area (Å²) < 4.78 is 0.795. The van der Waals surface area contributed by atoms with E-state index in [-0.39, 0.29) is 5.91 Å². The number of carbonyl (C=O) groups is 1. The van der Waals surface area contributed by atoms with Crippen molar-refractivity contribution in [2.75, 3.05) is 11.1 Å². The number of nitrogen functional groups attached to an aromatic ring is 1. The lowest BCUT2D eigenvalue weighted by Crippen LogP contribution is -2.12. The standard InChI is InChI=1S/C12H12BrN3OS/c1-6-11(18-7(2)15-6)12(17)16-10-5-8(14)3-4-9(10)13/h3-5H,14H2,1-2H3,(H,16,17). The molecular formula is C12H12BrN3OS. The van der Waals surface area contributed by atoms with E-state index in [1.807, 2.05) is 13.8 Å². The number of halogens is 1. The molecule has 1 heterocycles. The van der Waals surface area contributed by atoms with Crippen molar-refractivity contribution in [2.45, 2.75) is 13.8 Å². The van der Waals surface area contributed by atoms with E-state index in [0.29, 0.717) is 16.3 Å². The fourth-order valence-electron chi connectivity index (χ4n) is 1.56. The number of hydrogen-bond acceptors (Lipinski definition) is 4. The average molecular weight is 326 g/mol. The molecule has 1 amide bonds. The lowest BCUT2D eigenvalue weighted by atomic mass is 10.2. The van der Waals surface area contributed by atoms with Crippen LogP contribution in [-0.2, 0) is 0 Å². The van der Waals surface area contributed by atoms with Crippen LogP contribution in [0.3, 0.4) is 0 Å². The van der Waals surface area contributed by atoms with Crippen LogP contribution in [0.4, 0.5) is 11.4 Å². The van der Waals surface area contributed by atoms with Crippen molar-refractivity contribution in [1.29, 1.82) is 0 Å². The van der Waals surface area contributed by atoms with E-state index >= 15 is 0 Å². The topological polar surface area (TPSA) is 68.0 Å². The van der Waals surface area contributed by atoms with Crippen LogP contribution in [0.5, 0.6) is 0 Å². The van der Waals surface area contributed by atoms with Gasteiger partial charge in [-0.15, -0.1) is 11.3 Å². The average Bonchev–Trinajstić information content (AvgIpc) is 2.63. The van der Waals surface area contributed by atoms with Gasteiger partial charge < -0.3 is 11.1 Å². The predicted molar refractivity (Wildman–Crippen MR) is 78.1 cm³/mol. The molecule has 4 nitrogen and oxygen atoms in total. The van der Waals surface area contributed by atoms with Gasteiger partial charge in [0.1, 0.15) is 4.88 Å². The molecular weight excluding hydrogens is 314 g/mol. The smallest absolute Gasteiger partial charge is 0.267 e. The van der Waals surface area contributed by atoms with Crippen LogP contribution in [0, 0.1) is 13.8 Å². The first kappa shape index (κ1) is 13.0. The maximum absolute atomic E-state index is 12.1. The molecule has 0 aliphatic heterocycles. The lowest BCUT2D eigenvalue weighted by molar-refractivity contribution is 0.103. The first-order chi connectivity index (χ1) is 8.47. The number of nitrogens with one attached hydrogen (secondary N) is 1. The maximum atomic E-state index is 12.1. The molecule has 0 spiro atoms. The Bertz CT molecular complexity index is 609. The third-order valence-corrected chi connectivity index (χ3v) is 4.11. The maximum Gasteiger partial charge on any atom is 0.267 e. The van der Waals surface area contributed by atoms with Crippen molar-refractivity contribution >= 4 is 44.5 Å². The van der Waals surface area contributed by atoms with Crippen molar-refractivity contribution in [2.24, 2.45) is 0 Å². The Morgan fingerprint density at radius 3 is 2.78 bits per heavy atom. The molecule has 0 fully saturated rings. The number of aryl methyl sites for hydroxylation is 2. The molecule has 3 N–H and O–H groups in total. The van der Waals surface area contributed by atoms with Crippen molar-refractivity contribution in [3.63, 3.8) is 0 Å². The molecule has 0 radical (unpaired) electrons. The monoisotopic (exact) mass is 325 g/mol. The van der Waals surface area contributed by atoms with E-state index in [1.165, 1.54) is 11.3 Å². The molecule has 18 heavy (non-hydrogen) atoms. The van der Waals surface area contributed by atoms with Crippen LogP contribution in [-0.4, -0.2) is 10.9 Å². The number of benzene rings is 1. The van der Waals surface area contributed by atoms with E-state index in [0.717, 1.165) is 15.2 Å². The Hall–Kier alpha value is -1.40. The largest absolute Gasteiger partial charge is 0.399 e. The number of anilines is 2. The van der Waals surface area contributed by atoms with Gasteiger partial charge in [-0.2, -0.15) is 0 Å². The van der Waals surface area contributed by atoms with Gasteiger partial charge in [0.2, 0.25) is 0 Å². The number of aromatic nitrogens is 1. The van der Waals surface area contributed by atoms with Crippen molar-refractivity contribution in [3.8, 4) is 0 Å². The van der Waals surface area contributed by atoms with Gasteiger partial charge in [-0.05, 0) is 48.0 Å². The van der Waals surface area contributed by atoms with Gasteiger partial charge in [0.25, 0.3) is 5.91 Å². The summed E-state index contributed by atoms with van der Waals surface area (Å²) >= 11 is 4.75. The molecule has 0 saturated carbocycles. The summed E-state index contributed by atoms with van der Waals surface area (Å²) in [6.07, 6.45) is 0. The van der Waals surface area contributed by atoms with Crippen LogP contribution in [0.15, 0.2) is 22.7 Å². The van der Waals surface area contributed by atoms with Crippen LogP contribution in [0.1, 0.15) is 20.4 Å². The SMILES string of the molecule is Cc1nc(C)c(C(=O)Nc2cc(N)ccc2Br)s1. The highest BCUT2D eigenvalue weighted by Gasteiger charge is 2.14. The quantitative estimate of drug-likeness (QED) is 0.832. The minimum absolute atomic E-state index is 0.163. The summed E-state index contributed by atoms with van der Waals surface area (Å²) in [5.74, 6) is -0.163. The lowest BCUT2D eigenvalue weighted by Gasteiger charge is -2.07. The minimum atomic E-state index is -0.163. The van der Waals surface area contributed by atoms with Gasteiger partial charge in [-0.3, -0.25) is 4.79 Å². The number of nitrogens with two attached hydrogens (primary N) is 1. The summed E-state index contributed by atoms with van der Waals surface area (Å²) in [5.41, 5.74) is 7.70. The molecule has 0 atom stereocenters. The Balaban J connectivity index is 2.26. The Labute approximate surface area is 117 Å². The summed E-state index contributed by atoms with van der Waals surface area (Å²) in [4.78, 5) is 17.0. The summed E-state index contributed by atoms with van der Waals surface area (Å²) in [5, 5.41) is 3.71. The molecule has 0 unspecified atom stereocenters. The molecule has 2 rings (SSSR count). The molecule has 0 bridgehead atoms. The Kier molecular flexibility index (Phi) is 3.68. The highest BCUT2D eigenvalue weighted by atomic mass is 79.9. The number of thiazole rings is 1. The zero-order chi connectivity index (χ0) is 13.3. The second kappa shape index (κ2) is 5.07. The Morgan fingerprint density at radius 1 is 1.44 bits per heavy atom. The number of nitrogens with zero attached hydrogens (tertiary/aromatic N) is 1. The van der Waals surface area contributed by atoms with Crippen LogP contribution < -0.4 is 11.1 Å². The van der Waals surface area contributed by atoms with Gasteiger partial charge >= 0.3 is 0 Å². The minimum Gasteiger partial charge on any atom is -0.399 e. The number of rotatable bonds is 2. The summed E-state index contributed by atoms with van der Waals surface area (Å²) in [6, 6.07) is 5.28. The second-order valence-corrected chi connectivity index (χ2v) is 5.90. The zero-order valence-electron chi connectivity index (χ0n) is 9.95. The molecule has 1 aromatic heterocycles. The first-order valence-corrected chi connectivity index (χ1v) is 6.88. The van der Waals surface area contributed by atoms with Gasteiger partial charge in [-0.25, -0.2) is 4.98 Å². The van der Waals surface area contributed by atoms with Crippen molar-refractivity contribution in [3.05, 3.63) is 38.3 Å². The Morgan fingerprint density at radius 2 is 2.17 bits per heavy atom. The van der Waals surface area contributed by atoms with E-state index in [9.17, 15) is 4.79 Å². The number of amides is 1. The van der Waals surface area contributed by atoms with Gasteiger partial charge in [0.15, 0.2) is 0 Å². The first-order valence-electron chi connectivity index (χ1n) is 5.28. The fraction of sp³-hybridized carbons (Fsp3) is 0.167. The summed E-state index contributed by atoms with van der Waals surface area (Å²) in [7, 11) is 0. The van der Waals surface area contributed by atoms with Crippen LogP contribution in [0.25, 0.3) is 0 Å². The molecule has 0 aliphatic rings. The van der Waals surface area contributed by atoms with Crippen LogP contribution in [0.2, 0.25) is 0 Å². The van der Waals surface area contributed by atoms with E-state index in [1.54, 1.807) is 18.2 Å². The molecule has 1 aromatic carbocycles. The highest BCUT2D eigenvalue weighted by molar-refractivity contribution is 9.10. The van der Waals surface area contributed by atoms with Crippen molar-refractivity contribution < 1.29 is 4.79 Å². The van der Waals surface area contributed by atoms with Gasteiger partial charge in [0, 0.05) is 10.2 Å².